The monoisotopic (exact) mass is 579 g/mol. The zero-order valence-corrected chi connectivity index (χ0v) is 25.3. The fraction of sp³-hybridized carbons (Fsp3) is 0.645. The quantitative estimate of drug-likeness (QED) is 0.393. The summed E-state index contributed by atoms with van der Waals surface area (Å²) >= 11 is 1.50. The summed E-state index contributed by atoms with van der Waals surface area (Å²) < 4.78 is 0. The number of ketones is 2. The molecule has 0 aromatic carbocycles. The average Bonchev–Trinajstić information content (AvgIpc) is 3.24. The molecule has 41 heavy (non-hydrogen) atoms. The van der Waals surface area contributed by atoms with Crippen molar-refractivity contribution < 1.29 is 19.2 Å². The first-order valence-electron chi connectivity index (χ1n) is 14.8. The van der Waals surface area contributed by atoms with Gasteiger partial charge in [0.2, 0.25) is 11.7 Å². The molecule has 1 aliphatic heterocycles. The van der Waals surface area contributed by atoms with Crippen LogP contribution in [0, 0.1) is 34.5 Å². The standard InChI is InChI=1S/C31H41N5O4S/c1-18-13-31(18)14-24(25(37)11-20(27(38)28(32)39)10-19-6-5-7-19)36(17-31)29(40)21(30(2,3)4)12-26-35-23(16-41-26)22-15-33-8-9-34-22/h8-9,15-16,18-21,24H,5-7,10-14,17H2,1-4H3,(H2,32,39)/t18-,20?,21+,24?,31?/m0/s1. The summed E-state index contributed by atoms with van der Waals surface area (Å²) in [5.41, 5.74) is 6.37. The lowest BCUT2D eigenvalue weighted by Gasteiger charge is -2.35. The van der Waals surface area contributed by atoms with Crippen LogP contribution >= 0.6 is 11.3 Å². The first-order chi connectivity index (χ1) is 19.4. The summed E-state index contributed by atoms with van der Waals surface area (Å²) in [6.45, 7) is 8.88. The van der Waals surface area contributed by atoms with Crippen LogP contribution < -0.4 is 5.73 Å². The second-order valence-corrected chi connectivity index (χ2v) is 14.6. The van der Waals surface area contributed by atoms with E-state index < -0.39 is 23.7 Å². The third-order valence-corrected chi connectivity index (χ3v) is 10.6. The number of carbonyl (C=O) groups is 4. The number of amides is 2. The predicted molar refractivity (Wildman–Crippen MR) is 155 cm³/mol. The summed E-state index contributed by atoms with van der Waals surface area (Å²) in [6, 6.07) is -0.590. The molecule has 3 heterocycles. The van der Waals surface area contributed by atoms with Gasteiger partial charge in [-0.1, -0.05) is 47.0 Å². The van der Waals surface area contributed by atoms with E-state index in [4.69, 9.17) is 10.7 Å². The highest BCUT2D eigenvalue weighted by molar-refractivity contribution is 7.09. The third-order valence-electron chi connectivity index (χ3n) is 9.72. The Bertz CT molecular complexity index is 1320. The summed E-state index contributed by atoms with van der Waals surface area (Å²) in [5.74, 6) is -2.11. The molecular formula is C31H41N5O4S. The molecule has 2 aromatic heterocycles. The van der Waals surface area contributed by atoms with E-state index >= 15 is 0 Å². The largest absolute Gasteiger partial charge is 0.363 e. The van der Waals surface area contributed by atoms with E-state index in [0.717, 1.165) is 36.4 Å². The van der Waals surface area contributed by atoms with Gasteiger partial charge in [0.1, 0.15) is 11.4 Å². The van der Waals surface area contributed by atoms with Crippen LogP contribution in [-0.2, 0) is 25.6 Å². The maximum absolute atomic E-state index is 14.4. The van der Waals surface area contributed by atoms with E-state index in [2.05, 4.69) is 37.7 Å². The van der Waals surface area contributed by atoms with Gasteiger partial charge in [-0.2, -0.15) is 0 Å². The normalized spacial score (nSPS) is 25.5. The van der Waals surface area contributed by atoms with E-state index in [0.29, 0.717) is 43.3 Å². The van der Waals surface area contributed by atoms with E-state index in [1.54, 1.807) is 23.5 Å². The van der Waals surface area contributed by atoms with Crippen LogP contribution in [0.4, 0.5) is 0 Å². The lowest BCUT2D eigenvalue weighted by atomic mass is 9.76. The zero-order chi connectivity index (χ0) is 29.5. The molecule has 2 aromatic rings. The van der Waals surface area contributed by atoms with E-state index in [1.807, 2.05) is 5.38 Å². The van der Waals surface area contributed by atoms with Gasteiger partial charge in [-0.3, -0.25) is 29.1 Å². The van der Waals surface area contributed by atoms with E-state index in [1.165, 1.54) is 11.3 Å². The maximum atomic E-state index is 14.4. The fourth-order valence-electron chi connectivity index (χ4n) is 6.67. The molecule has 0 bridgehead atoms. The Morgan fingerprint density at radius 2 is 1.88 bits per heavy atom. The van der Waals surface area contributed by atoms with Crippen molar-refractivity contribution >= 4 is 34.7 Å². The van der Waals surface area contributed by atoms with Crippen LogP contribution in [0.2, 0.25) is 0 Å². The minimum absolute atomic E-state index is 0.0364. The third kappa shape index (κ3) is 6.27. The number of thiazole rings is 1. The molecule has 2 aliphatic carbocycles. The number of rotatable bonds is 11. The number of carbonyl (C=O) groups excluding carboxylic acids is 4. The van der Waals surface area contributed by atoms with Gasteiger partial charge in [-0.05, 0) is 41.9 Å². The van der Waals surface area contributed by atoms with Gasteiger partial charge in [0.25, 0.3) is 5.91 Å². The van der Waals surface area contributed by atoms with Crippen molar-refractivity contribution in [3.63, 3.8) is 0 Å². The Morgan fingerprint density at radius 3 is 2.44 bits per heavy atom. The van der Waals surface area contributed by atoms with Crippen molar-refractivity contribution in [1.29, 1.82) is 0 Å². The Labute approximate surface area is 245 Å². The molecule has 1 spiro atoms. The van der Waals surface area contributed by atoms with Crippen molar-refractivity contribution in [1.82, 2.24) is 19.9 Å². The SMILES string of the molecule is C[C@H]1CC12CC(C(=O)CC(CC1CCC1)C(=O)C(N)=O)N(C(=O)[C@@H](Cc1nc(-c3cnccn3)cs1)C(C)(C)C)C2. The molecule has 2 saturated carbocycles. The maximum Gasteiger partial charge on any atom is 0.285 e. The Balaban J connectivity index is 1.36. The molecule has 5 atom stereocenters. The molecule has 0 radical (unpaired) electrons. The lowest BCUT2D eigenvalue weighted by Crippen LogP contribution is -2.48. The van der Waals surface area contributed by atoms with Crippen LogP contribution in [0.1, 0.15) is 77.6 Å². The topological polar surface area (TPSA) is 136 Å². The van der Waals surface area contributed by atoms with Gasteiger partial charge in [0.05, 0.1) is 17.2 Å². The Kier molecular flexibility index (Phi) is 8.16. The number of aromatic nitrogens is 3. The summed E-state index contributed by atoms with van der Waals surface area (Å²) in [4.78, 5) is 67.8. The number of nitrogens with zero attached hydrogens (tertiary/aromatic N) is 4. The molecular weight excluding hydrogens is 538 g/mol. The first-order valence-corrected chi connectivity index (χ1v) is 15.6. The highest BCUT2D eigenvalue weighted by atomic mass is 32.1. The van der Waals surface area contributed by atoms with Crippen molar-refractivity contribution in [3.05, 3.63) is 29.0 Å². The minimum atomic E-state index is -0.981. The molecule has 2 N–H and O–H groups in total. The summed E-state index contributed by atoms with van der Waals surface area (Å²) in [5, 5.41) is 2.77. The number of hydrogen-bond acceptors (Lipinski definition) is 8. The molecule has 10 heteroatoms. The Morgan fingerprint density at radius 1 is 1.15 bits per heavy atom. The van der Waals surface area contributed by atoms with Gasteiger partial charge < -0.3 is 10.6 Å². The second-order valence-electron chi connectivity index (χ2n) is 13.6. The molecule has 9 nitrogen and oxygen atoms in total. The molecule has 5 rings (SSSR count). The smallest absolute Gasteiger partial charge is 0.285 e. The highest BCUT2D eigenvalue weighted by Crippen LogP contribution is 2.60. The second kappa shape index (κ2) is 11.3. The van der Waals surface area contributed by atoms with E-state index in [-0.39, 0.29) is 34.9 Å². The van der Waals surface area contributed by atoms with Crippen LogP contribution in [0.5, 0.6) is 0 Å². The number of likely N-dealkylation sites (tertiary alicyclic amines) is 1. The molecule has 3 fully saturated rings. The van der Waals surface area contributed by atoms with Crippen LogP contribution in [0.15, 0.2) is 24.0 Å². The van der Waals surface area contributed by atoms with Crippen LogP contribution in [0.3, 0.4) is 0 Å². The summed E-state index contributed by atoms with van der Waals surface area (Å²) in [7, 11) is 0. The number of primary amides is 1. The van der Waals surface area contributed by atoms with Gasteiger partial charge in [0.15, 0.2) is 5.78 Å². The van der Waals surface area contributed by atoms with E-state index in [9.17, 15) is 19.2 Å². The molecule has 220 valence electrons. The van der Waals surface area contributed by atoms with Crippen molar-refractivity contribution in [2.45, 2.75) is 85.1 Å². The predicted octanol–water partition coefficient (Wildman–Crippen LogP) is 4.25. The fourth-order valence-corrected chi connectivity index (χ4v) is 7.51. The van der Waals surface area contributed by atoms with Gasteiger partial charge in [-0.25, -0.2) is 4.98 Å². The van der Waals surface area contributed by atoms with Gasteiger partial charge in [0, 0.05) is 49.0 Å². The molecule has 2 amide bonds. The molecule has 3 unspecified atom stereocenters. The zero-order valence-electron chi connectivity index (χ0n) is 24.5. The van der Waals surface area contributed by atoms with Crippen molar-refractivity contribution in [2.24, 2.45) is 40.2 Å². The van der Waals surface area contributed by atoms with Gasteiger partial charge >= 0.3 is 0 Å². The average molecular weight is 580 g/mol. The first kappa shape index (κ1) is 29.5. The van der Waals surface area contributed by atoms with Crippen LogP contribution in [-0.4, -0.2) is 55.8 Å². The number of nitrogens with two attached hydrogens (primary N) is 1. The minimum Gasteiger partial charge on any atom is -0.363 e. The van der Waals surface area contributed by atoms with Gasteiger partial charge in [-0.15, -0.1) is 11.3 Å². The van der Waals surface area contributed by atoms with Crippen molar-refractivity contribution in [2.75, 3.05) is 6.54 Å². The summed E-state index contributed by atoms with van der Waals surface area (Å²) in [6.07, 6.45) is 10.6. The number of hydrogen-bond donors (Lipinski definition) is 1. The van der Waals surface area contributed by atoms with Crippen LogP contribution in [0.25, 0.3) is 11.4 Å². The van der Waals surface area contributed by atoms with Crippen molar-refractivity contribution in [3.8, 4) is 11.4 Å². The lowest BCUT2D eigenvalue weighted by molar-refractivity contribution is -0.145. The number of Topliss-reactive ketones (excluding diaryl/α,β-unsaturated/α-hetero) is 2. The Hall–Kier alpha value is -3.01. The highest BCUT2D eigenvalue weighted by Gasteiger charge is 2.60. The molecule has 1 saturated heterocycles. The molecule has 3 aliphatic rings.